The molecule has 0 unspecified atom stereocenters. The van der Waals surface area contributed by atoms with Crippen molar-refractivity contribution < 1.29 is 21.6 Å². The Labute approximate surface area is 235 Å². The molecular weight excluding hydrogens is 573 g/mol. The summed E-state index contributed by atoms with van der Waals surface area (Å²) in [6.45, 7) is 8.69. The highest BCUT2D eigenvalue weighted by Crippen LogP contribution is 2.33. The molecule has 13 nitrogen and oxygen atoms in total. The molecule has 0 spiro atoms. The van der Waals surface area contributed by atoms with Crippen LogP contribution in [0.2, 0.25) is 25.7 Å². The van der Waals surface area contributed by atoms with Gasteiger partial charge in [-0.05, 0) is 25.4 Å². The molecule has 1 saturated heterocycles. The Morgan fingerprint density at radius 2 is 1.93 bits per heavy atom. The van der Waals surface area contributed by atoms with Gasteiger partial charge in [0, 0.05) is 39.9 Å². The molecule has 0 aliphatic carbocycles. The van der Waals surface area contributed by atoms with Crippen LogP contribution in [0.3, 0.4) is 0 Å². The lowest BCUT2D eigenvalue weighted by Gasteiger charge is -2.34. The standard InChI is InChI=1S/C24H34N8O5S2Si/c1-38(33,34)24-28-13-19(22(30-24)32(39(2,35)36)18-7-6-8-26-12-18)20-14-27-23-21(29-20)17(11-25)15-31(23)16-37-9-10-40(3,4)5/h13-15,18,26H,6-10,12,16H2,1-5H3/t18-/m0/s1. The van der Waals surface area contributed by atoms with Gasteiger partial charge in [-0.2, -0.15) is 10.2 Å². The van der Waals surface area contributed by atoms with E-state index in [9.17, 15) is 22.1 Å². The smallest absolute Gasteiger partial charge is 0.248 e. The maximum absolute atomic E-state index is 13.1. The Morgan fingerprint density at radius 1 is 1.18 bits per heavy atom. The van der Waals surface area contributed by atoms with E-state index >= 15 is 0 Å². The van der Waals surface area contributed by atoms with Crippen molar-refractivity contribution in [2.24, 2.45) is 0 Å². The van der Waals surface area contributed by atoms with Crippen LogP contribution in [0.25, 0.3) is 22.4 Å². The lowest BCUT2D eigenvalue weighted by molar-refractivity contribution is 0.0898. The summed E-state index contributed by atoms with van der Waals surface area (Å²) < 4.78 is 59.5. The van der Waals surface area contributed by atoms with Gasteiger partial charge in [-0.25, -0.2) is 36.1 Å². The van der Waals surface area contributed by atoms with Gasteiger partial charge in [-0.3, -0.25) is 0 Å². The number of aromatic nitrogens is 5. The monoisotopic (exact) mass is 606 g/mol. The summed E-state index contributed by atoms with van der Waals surface area (Å²) in [5, 5.41) is 12.5. The molecule has 1 aliphatic rings. The predicted molar refractivity (Wildman–Crippen MR) is 154 cm³/mol. The Kier molecular flexibility index (Phi) is 8.62. The second-order valence-electron chi connectivity index (χ2n) is 11.1. The molecule has 1 N–H and O–H groups in total. The zero-order valence-electron chi connectivity index (χ0n) is 23.2. The molecule has 1 aliphatic heterocycles. The van der Waals surface area contributed by atoms with Crippen molar-refractivity contribution in [1.82, 2.24) is 29.8 Å². The highest BCUT2D eigenvalue weighted by Gasteiger charge is 2.33. The van der Waals surface area contributed by atoms with Crippen molar-refractivity contribution in [1.29, 1.82) is 5.26 Å². The molecule has 0 aromatic carbocycles. The van der Waals surface area contributed by atoms with E-state index in [1.165, 1.54) is 12.4 Å². The van der Waals surface area contributed by atoms with E-state index in [2.05, 4.69) is 51.0 Å². The molecule has 0 radical (unpaired) electrons. The van der Waals surface area contributed by atoms with E-state index in [1.807, 2.05) is 0 Å². The number of fused-ring (bicyclic) bond motifs is 1. The van der Waals surface area contributed by atoms with Crippen molar-refractivity contribution in [3.8, 4) is 17.3 Å². The van der Waals surface area contributed by atoms with E-state index in [4.69, 9.17) is 4.74 Å². The Bertz CT molecular complexity index is 1660. The fourth-order valence-corrected chi connectivity index (χ4v) is 6.85. The van der Waals surface area contributed by atoms with E-state index in [-0.39, 0.29) is 29.4 Å². The third-order valence-electron chi connectivity index (χ3n) is 6.44. The number of hydrogen-bond acceptors (Lipinski definition) is 11. The van der Waals surface area contributed by atoms with Crippen LogP contribution in [0.15, 0.2) is 23.7 Å². The van der Waals surface area contributed by atoms with Gasteiger partial charge < -0.3 is 14.6 Å². The van der Waals surface area contributed by atoms with Gasteiger partial charge in [0.25, 0.3) is 0 Å². The van der Waals surface area contributed by atoms with Gasteiger partial charge >= 0.3 is 0 Å². The highest BCUT2D eigenvalue weighted by atomic mass is 32.2. The second kappa shape index (κ2) is 11.5. The topological polar surface area (TPSA) is 173 Å². The minimum absolute atomic E-state index is 0.104. The molecule has 1 atom stereocenters. The molecule has 16 heteroatoms. The maximum Gasteiger partial charge on any atom is 0.248 e. The molecule has 4 rings (SSSR count). The van der Waals surface area contributed by atoms with Gasteiger partial charge in [-0.1, -0.05) is 19.6 Å². The van der Waals surface area contributed by atoms with Crippen LogP contribution >= 0.6 is 0 Å². The summed E-state index contributed by atoms with van der Waals surface area (Å²) in [7, 11) is -9.01. The normalized spacial score (nSPS) is 16.6. The molecule has 0 bridgehead atoms. The number of sulfonamides is 1. The van der Waals surface area contributed by atoms with Crippen LogP contribution in [0.4, 0.5) is 5.82 Å². The van der Waals surface area contributed by atoms with Crippen molar-refractivity contribution >= 4 is 44.9 Å². The largest absolute Gasteiger partial charge is 0.361 e. The molecule has 3 aromatic rings. The molecule has 40 heavy (non-hydrogen) atoms. The van der Waals surface area contributed by atoms with E-state index in [1.54, 1.807) is 10.8 Å². The first-order chi connectivity index (χ1) is 18.7. The quantitative estimate of drug-likeness (QED) is 0.203. The summed E-state index contributed by atoms with van der Waals surface area (Å²) in [5.74, 6) is -0.104. The van der Waals surface area contributed by atoms with E-state index < -0.39 is 39.1 Å². The maximum atomic E-state index is 13.1. The lowest BCUT2D eigenvalue weighted by atomic mass is 10.1. The number of piperidine rings is 1. The van der Waals surface area contributed by atoms with Gasteiger partial charge in [0.15, 0.2) is 11.5 Å². The number of ether oxygens (including phenoxy) is 1. The summed E-state index contributed by atoms with van der Waals surface area (Å²) in [6.07, 6.45) is 7.60. The fourth-order valence-electron chi connectivity index (χ4n) is 4.42. The molecule has 4 heterocycles. The number of nitrogens with zero attached hydrogens (tertiary/aromatic N) is 7. The van der Waals surface area contributed by atoms with Crippen molar-refractivity contribution in [2.45, 2.75) is 56.5 Å². The van der Waals surface area contributed by atoms with Crippen molar-refractivity contribution in [3.05, 3.63) is 24.2 Å². The third kappa shape index (κ3) is 6.84. The van der Waals surface area contributed by atoms with E-state index in [0.717, 1.165) is 35.8 Å². The number of anilines is 1. The average molecular weight is 607 g/mol. The van der Waals surface area contributed by atoms with E-state index in [0.29, 0.717) is 30.7 Å². The Balaban J connectivity index is 1.82. The number of nitrogens with one attached hydrogen (secondary N) is 1. The second-order valence-corrected chi connectivity index (χ2v) is 20.5. The number of sulfone groups is 1. The first-order valence-corrected chi connectivity index (χ1v) is 20.2. The van der Waals surface area contributed by atoms with Gasteiger partial charge in [-0.15, -0.1) is 0 Å². The first-order valence-electron chi connectivity index (χ1n) is 12.8. The van der Waals surface area contributed by atoms with Gasteiger partial charge in [0.1, 0.15) is 18.3 Å². The van der Waals surface area contributed by atoms with Crippen LogP contribution < -0.4 is 9.62 Å². The molecule has 0 amide bonds. The Hall–Kier alpha value is -2.97. The summed E-state index contributed by atoms with van der Waals surface area (Å²) in [5.41, 5.74) is 1.39. The van der Waals surface area contributed by atoms with Crippen LogP contribution in [0.1, 0.15) is 18.4 Å². The zero-order chi connectivity index (χ0) is 29.3. The number of rotatable bonds is 10. The SMILES string of the molecule is C[Si](C)(C)CCOCn1cc(C#N)c2nc(-c3cnc(S(C)(=O)=O)nc3N([C@H]3CCCNC3)S(C)(=O)=O)cnc21. The van der Waals surface area contributed by atoms with Gasteiger partial charge in [0.2, 0.25) is 25.0 Å². The highest BCUT2D eigenvalue weighted by molar-refractivity contribution is 7.92. The first kappa shape index (κ1) is 30.0. The fraction of sp³-hybridized carbons (Fsp3) is 0.542. The minimum Gasteiger partial charge on any atom is -0.361 e. The molecule has 3 aromatic heterocycles. The number of hydrogen-bond donors (Lipinski definition) is 1. The zero-order valence-corrected chi connectivity index (χ0v) is 25.9. The summed E-state index contributed by atoms with van der Waals surface area (Å²) in [4.78, 5) is 17.4. The van der Waals surface area contributed by atoms with Gasteiger partial charge in [0.05, 0.1) is 35.3 Å². The minimum atomic E-state index is -3.90. The molecule has 0 saturated carbocycles. The molecule has 1 fully saturated rings. The van der Waals surface area contributed by atoms with Crippen LogP contribution in [-0.2, 0) is 31.3 Å². The van der Waals surface area contributed by atoms with Crippen molar-refractivity contribution in [3.63, 3.8) is 0 Å². The lowest BCUT2D eigenvalue weighted by Crippen LogP contribution is -2.49. The Morgan fingerprint density at radius 3 is 2.52 bits per heavy atom. The average Bonchev–Trinajstić information content (AvgIpc) is 3.22. The summed E-state index contributed by atoms with van der Waals surface area (Å²) in [6, 6.07) is 2.63. The third-order valence-corrected chi connectivity index (χ3v) is 10.2. The predicted octanol–water partition coefficient (Wildman–Crippen LogP) is 1.99. The van der Waals surface area contributed by atoms with Crippen LogP contribution in [-0.4, -0.2) is 87.7 Å². The van der Waals surface area contributed by atoms with Crippen molar-refractivity contribution in [2.75, 3.05) is 36.5 Å². The summed E-state index contributed by atoms with van der Waals surface area (Å²) >= 11 is 0. The number of nitriles is 1. The van der Waals surface area contributed by atoms with Crippen LogP contribution in [0.5, 0.6) is 0 Å². The van der Waals surface area contributed by atoms with Crippen LogP contribution in [0, 0.1) is 11.3 Å². The molecular formula is C24H34N8O5S2Si. The molecule has 216 valence electrons.